The molecule has 0 saturated carbocycles. The number of rotatable bonds is 5. The van der Waals surface area contributed by atoms with Crippen molar-refractivity contribution in [2.45, 2.75) is 11.0 Å². The first kappa shape index (κ1) is 18.8. The standard InChI is InChI=1S/C21H18N2O5S/c24-21(20-14-27-18-11-4-5-12-19(18)28-20)22-15-7-6-8-16(13-15)23-29(25,26)17-9-2-1-3-10-17/h1-13,20,23H,14H2,(H,22,24). The number of para-hydroxylation sites is 2. The SMILES string of the molecule is O=C(Nc1cccc(NS(=O)(=O)c2ccccc2)c1)C1COc2ccccc2O1. The van der Waals surface area contributed by atoms with E-state index in [0.29, 0.717) is 22.9 Å². The maximum Gasteiger partial charge on any atom is 0.269 e. The molecule has 0 aromatic heterocycles. The van der Waals surface area contributed by atoms with Crippen LogP contribution in [0.1, 0.15) is 0 Å². The van der Waals surface area contributed by atoms with Gasteiger partial charge >= 0.3 is 0 Å². The Kier molecular flexibility index (Phi) is 5.09. The van der Waals surface area contributed by atoms with Gasteiger partial charge in [0.25, 0.3) is 15.9 Å². The number of hydrogen-bond donors (Lipinski definition) is 2. The first-order valence-corrected chi connectivity index (χ1v) is 10.4. The molecule has 4 rings (SSSR count). The fraction of sp³-hybridized carbons (Fsp3) is 0.0952. The van der Waals surface area contributed by atoms with Crippen LogP contribution in [0.5, 0.6) is 11.5 Å². The van der Waals surface area contributed by atoms with Crippen LogP contribution in [0.25, 0.3) is 0 Å². The summed E-state index contributed by atoms with van der Waals surface area (Å²) in [5, 5.41) is 2.73. The first-order chi connectivity index (χ1) is 14.0. The largest absolute Gasteiger partial charge is 0.485 e. The third-order valence-electron chi connectivity index (χ3n) is 4.24. The second-order valence-corrected chi connectivity index (χ2v) is 8.04. The Morgan fingerprint density at radius 2 is 1.55 bits per heavy atom. The lowest BCUT2D eigenvalue weighted by Gasteiger charge is -2.25. The second kappa shape index (κ2) is 7.84. The van der Waals surface area contributed by atoms with Gasteiger partial charge in [0.15, 0.2) is 11.5 Å². The van der Waals surface area contributed by atoms with Gasteiger partial charge in [-0.2, -0.15) is 0 Å². The van der Waals surface area contributed by atoms with Crippen LogP contribution >= 0.6 is 0 Å². The van der Waals surface area contributed by atoms with Crippen molar-refractivity contribution in [3.8, 4) is 11.5 Å². The van der Waals surface area contributed by atoms with Gasteiger partial charge in [-0.05, 0) is 42.5 Å². The normalized spacial score (nSPS) is 15.4. The zero-order chi connectivity index (χ0) is 20.3. The van der Waals surface area contributed by atoms with E-state index in [9.17, 15) is 13.2 Å². The molecule has 1 unspecified atom stereocenters. The van der Waals surface area contributed by atoms with Crippen LogP contribution in [-0.4, -0.2) is 27.0 Å². The molecular formula is C21H18N2O5S. The third kappa shape index (κ3) is 4.33. The van der Waals surface area contributed by atoms with Crippen molar-refractivity contribution in [3.05, 3.63) is 78.9 Å². The number of ether oxygens (including phenoxy) is 2. The van der Waals surface area contributed by atoms with Gasteiger partial charge in [-0.25, -0.2) is 8.42 Å². The van der Waals surface area contributed by atoms with E-state index in [2.05, 4.69) is 10.0 Å². The van der Waals surface area contributed by atoms with Crippen LogP contribution in [-0.2, 0) is 14.8 Å². The van der Waals surface area contributed by atoms with Gasteiger partial charge in [0, 0.05) is 5.69 Å². The Balaban J connectivity index is 1.45. The summed E-state index contributed by atoms with van der Waals surface area (Å²) in [6.45, 7) is 0.0865. The van der Waals surface area contributed by atoms with Gasteiger partial charge in [-0.1, -0.05) is 36.4 Å². The van der Waals surface area contributed by atoms with Crippen LogP contribution in [0.15, 0.2) is 83.8 Å². The molecule has 3 aromatic rings. The number of fused-ring (bicyclic) bond motifs is 1. The van der Waals surface area contributed by atoms with Gasteiger partial charge < -0.3 is 14.8 Å². The van der Waals surface area contributed by atoms with Crippen molar-refractivity contribution in [1.82, 2.24) is 0 Å². The summed E-state index contributed by atoms with van der Waals surface area (Å²) >= 11 is 0. The van der Waals surface area contributed by atoms with E-state index in [1.807, 2.05) is 6.07 Å². The number of nitrogens with one attached hydrogen (secondary N) is 2. The number of sulfonamides is 1. The van der Waals surface area contributed by atoms with E-state index in [1.165, 1.54) is 18.2 Å². The van der Waals surface area contributed by atoms with Gasteiger partial charge in [0.1, 0.15) is 6.61 Å². The van der Waals surface area contributed by atoms with E-state index in [-0.39, 0.29) is 17.4 Å². The Hall–Kier alpha value is -3.52. The van der Waals surface area contributed by atoms with Crippen LogP contribution in [0.4, 0.5) is 11.4 Å². The zero-order valence-electron chi connectivity index (χ0n) is 15.2. The Bertz CT molecular complexity index is 1130. The molecule has 1 amide bonds. The van der Waals surface area contributed by atoms with Crippen molar-refractivity contribution in [2.75, 3.05) is 16.6 Å². The smallest absolute Gasteiger partial charge is 0.269 e. The summed E-state index contributed by atoms with van der Waals surface area (Å²) < 4.78 is 38.7. The highest BCUT2D eigenvalue weighted by Crippen LogP contribution is 2.31. The van der Waals surface area contributed by atoms with Gasteiger partial charge in [-0.3, -0.25) is 9.52 Å². The molecule has 3 aromatic carbocycles. The van der Waals surface area contributed by atoms with Gasteiger partial charge in [-0.15, -0.1) is 0 Å². The number of carbonyl (C=O) groups is 1. The summed E-state index contributed by atoms with van der Waals surface area (Å²) in [5.74, 6) is 0.708. The number of benzene rings is 3. The molecule has 0 aliphatic carbocycles. The molecule has 0 saturated heterocycles. The summed E-state index contributed by atoms with van der Waals surface area (Å²) in [6.07, 6.45) is -0.811. The van der Waals surface area contributed by atoms with Crippen molar-refractivity contribution in [3.63, 3.8) is 0 Å². The molecule has 1 aliphatic heterocycles. The van der Waals surface area contributed by atoms with E-state index in [0.717, 1.165) is 0 Å². The van der Waals surface area contributed by atoms with E-state index < -0.39 is 16.1 Å². The average molecular weight is 410 g/mol. The topological polar surface area (TPSA) is 93.7 Å². The lowest BCUT2D eigenvalue weighted by molar-refractivity contribution is -0.125. The minimum absolute atomic E-state index is 0.0865. The van der Waals surface area contributed by atoms with Gasteiger partial charge in [0.05, 0.1) is 10.6 Å². The molecule has 0 radical (unpaired) electrons. The Labute approximate surface area is 168 Å². The molecule has 1 heterocycles. The minimum Gasteiger partial charge on any atom is -0.485 e. The molecule has 29 heavy (non-hydrogen) atoms. The van der Waals surface area contributed by atoms with Crippen molar-refractivity contribution in [1.29, 1.82) is 0 Å². The molecule has 0 spiro atoms. The van der Waals surface area contributed by atoms with Gasteiger partial charge in [0.2, 0.25) is 6.10 Å². The first-order valence-electron chi connectivity index (χ1n) is 8.88. The highest BCUT2D eigenvalue weighted by molar-refractivity contribution is 7.92. The average Bonchev–Trinajstić information content (AvgIpc) is 2.74. The second-order valence-electron chi connectivity index (χ2n) is 6.35. The Morgan fingerprint density at radius 1 is 0.862 bits per heavy atom. The molecule has 0 fully saturated rings. The summed E-state index contributed by atoms with van der Waals surface area (Å²) in [7, 11) is -3.72. The van der Waals surface area contributed by atoms with E-state index in [1.54, 1.807) is 54.6 Å². The van der Waals surface area contributed by atoms with Crippen molar-refractivity contribution < 1.29 is 22.7 Å². The highest BCUT2D eigenvalue weighted by atomic mass is 32.2. The van der Waals surface area contributed by atoms with Crippen LogP contribution in [0.2, 0.25) is 0 Å². The maximum atomic E-state index is 12.5. The summed E-state index contributed by atoms with van der Waals surface area (Å²) in [5.41, 5.74) is 0.767. The van der Waals surface area contributed by atoms with Crippen LogP contribution in [0, 0.1) is 0 Å². The van der Waals surface area contributed by atoms with E-state index in [4.69, 9.17) is 9.47 Å². The fourth-order valence-corrected chi connectivity index (χ4v) is 3.92. The van der Waals surface area contributed by atoms with E-state index >= 15 is 0 Å². The fourth-order valence-electron chi connectivity index (χ4n) is 2.85. The third-order valence-corrected chi connectivity index (χ3v) is 5.63. The number of hydrogen-bond acceptors (Lipinski definition) is 5. The van der Waals surface area contributed by atoms with Crippen LogP contribution < -0.4 is 19.5 Å². The minimum atomic E-state index is -3.72. The predicted octanol–water partition coefficient (Wildman–Crippen LogP) is 3.27. The molecule has 1 aliphatic rings. The summed E-state index contributed by atoms with van der Waals surface area (Å²) in [6, 6.07) is 21.6. The molecule has 7 nitrogen and oxygen atoms in total. The molecule has 0 bridgehead atoms. The molecule has 1 atom stereocenters. The predicted molar refractivity (Wildman–Crippen MR) is 109 cm³/mol. The monoisotopic (exact) mass is 410 g/mol. The lowest BCUT2D eigenvalue weighted by Crippen LogP contribution is -2.40. The zero-order valence-corrected chi connectivity index (χ0v) is 16.1. The summed E-state index contributed by atoms with van der Waals surface area (Å²) in [4.78, 5) is 12.7. The molecule has 2 N–H and O–H groups in total. The van der Waals surface area contributed by atoms with Crippen molar-refractivity contribution in [2.24, 2.45) is 0 Å². The lowest BCUT2D eigenvalue weighted by atomic mass is 10.2. The molecule has 148 valence electrons. The highest BCUT2D eigenvalue weighted by Gasteiger charge is 2.27. The Morgan fingerprint density at radius 3 is 2.34 bits per heavy atom. The molecule has 8 heteroatoms. The number of carbonyl (C=O) groups excluding carboxylic acids is 1. The number of anilines is 2. The molecular weight excluding hydrogens is 392 g/mol. The quantitative estimate of drug-likeness (QED) is 0.673. The van der Waals surface area contributed by atoms with Crippen LogP contribution in [0.3, 0.4) is 0 Å². The van der Waals surface area contributed by atoms with Crippen molar-refractivity contribution >= 4 is 27.3 Å². The maximum absolute atomic E-state index is 12.5. The number of amides is 1.